The monoisotopic (exact) mass is 292 g/mol. The van der Waals surface area contributed by atoms with Gasteiger partial charge < -0.3 is 20.5 Å². The highest BCUT2D eigenvalue weighted by Gasteiger charge is 2.19. The lowest BCUT2D eigenvalue weighted by Crippen LogP contribution is -2.36. The molecular weight excluding hydrogens is 272 g/mol. The highest BCUT2D eigenvalue weighted by atomic mass is 16.5. The van der Waals surface area contributed by atoms with E-state index in [2.05, 4.69) is 5.32 Å². The van der Waals surface area contributed by atoms with Crippen molar-refractivity contribution in [3.8, 4) is 11.5 Å². The van der Waals surface area contributed by atoms with Crippen molar-refractivity contribution >= 4 is 11.8 Å². The molecule has 1 aromatic rings. The van der Waals surface area contributed by atoms with Gasteiger partial charge >= 0.3 is 0 Å². The van der Waals surface area contributed by atoms with Gasteiger partial charge in [0.1, 0.15) is 0 Å². The maximum atomic E-state index is 11.9. The summed E-state index contributed by atoms with van der Waals surface area (Å²) in [5.74, 6) is -0.252. The quantitative estimate of drug-likeness (QED) is 0.825. The molecule has 0 saturated heterocycles. The summed E-state index contributed by atoms with van der Waals surface area (Å²) >= 11 is 0. The molecule has 0 radical (unpaired) electrons. The summed E-state index contributed by atoms with van der Waals surface area (Å²) in [5, 5.41) is 2.91. The van der Waals surface area contributed by atoms with E-state index < -0.39 is 5.91 Å². The minimum atomic E-state index is -0.625. The SMILES string of the molecule is COc1cccc(C(N)=O)c1OCC(=O)NC1CCCC1. The molecular formula is C15H20N2O4. The Morgan fingerprint density at radius 1 is 1.33 bits per heavy atom. The third-order valence-corrected chi connectivity index (χ3v) is 3.53. The van der Waals surface area contributed by atoms with E-state index in [1.165, 1.54) is 13.2 Å². The Bertz CT molecular complexity index is 524. The number of nitrogens with two attached hydrogens (primary N) is 1. The fraction of sp³-hybridized carbons (Fsp3) is 0.467. The van der Waals surface area contributed by atoms with Gasteiger partial charge in [0.25, 0.3) is 11.8 Å². The highest BCUT2D eigenvalue weighted by molar-refractivity contribution is 5.96. The zero-order valence-electron chi connectivity index (χ0n) is 12.1. The molecule has 1 aliphatic carbocycles. The van der Waals surface area contributed by atoms with Crippen LogP contribution in [0.1, 0.15) is 36.0 Å². The number of carbonyl (C=O) groups excluding carboxylic acids is 2. The van der Waals surface area contributed by atoms with Crippen LogP contribution in [0.5, 0.6) is 11.5 Å². The molecule has 2 rings (SSSR count). The van der Waals surface area contributed by atoms with Gasteiger partial charge in [-0.25, -0.2) is 0 Å². The molecule has 0 unspecified atom stereocenters. The Balaban J connectivity index is 2.01. The first-order chi connectivity index (χ1) is 10.1. The third-order valence-electron chi connectivity index (χ3n) is 3.53. The van der Waals surface area contributed by atoms with Gasteiger partial charge in [0, 0.05) is 6.04 Å². The fourth-order valence-corrected chi connectivity index (χ4v) is 2.50. The first-order valence-corrected chi connectivity index (χ1v) is 7.00. The van der Waals surface area contributed by atoms with E-state index in [1.807, 2.05) is 0 Å². The second kappa shape index (κ2) is 6.97. The molecule has 0 bridgehead atoms. The summed E-state index contributed by atoms with van der Waals surface area (Å²) in [6.45, 7) is -0.169. The zero-order valence-corrected chi connectivity index (χ0v) is 12.1. The minimum Gasteiger partial charge on any atom is -0.493 e. The minimum absolute atomic E-state index is 0.169. The van der Waals surface area contributed by atoms with Crippen LogP contribution in [0, 0.1) is 0 Å². The Hall–Kier alpha value is -2.24. The number of amides is 2. The van der Waals surface area contributed by atoms with Gasteiger partial charge in [-0.05, 0) is 25.0 Å². The summed E-state index contributed by atoms with van der Waals surface area (Å²) in [6.07, 6.45) is 4.30. The van der Waals surface area contributed by atoms with Gasteiger partial charge in [-0.2, -0.15) is 0 Å². The van der Waals surface area contributed by atoms with E-state index in [4.69, 9.17) is 15.2 Å². The number of hydrogen-bond acceptors (Lipinski definition) is 4. The zero-order chi connectivity index (χ0) is 15.2. The summed E-state index contributed by atoms with van der Waals surface area (Å²) in [6, 6.07) is 5.06. The van der Waals surface area contributed by atoms with Crippen LogP contribution in [0.4, 0.5) is 0 Å². The van der Waals surface area contributed by atoms with Gasteiger partial charge in [-0.1, -0.05) is 18.9 Å². The third kappa shape index (κ3) is 3.87. The Labute approximate surface area is 123 Å². The van der Waals surface area contributed by atoms with Crippen LogP contribution in [0.25, 0.3) is 0 Å². The lowest BCUT2D eigenvalue weighted by Gasteiger charge is -2.15. The molecule has 1 aromatic carbocycles. The van der Waals surface area contributed by atoms with Gasteiger partial charge in [0.05, 0.1) is 12.7 Å². The van der Waals surface area contributed by atoms with E-state index in [1.54, 1.807) is 12.1 Å². The normalized spacial score (nSPS) is 14.7. The number of methoxy groups -OCH3 is 1. The van der Waals surface area contributed by atoms with E-state index in [0.29, 0.717) is 5.75 Å². The van der Waals surface area contributed by atoms with Crippen LogP contribution in [-0.2, 0) is 4.79 Å². The van der Waals surface area contributed by atoms with Gasteiger partial charge in [0.15, 0.2) is 18.1 Å². The average molecular weight is 292 g/mol. The van der Waals surface area contributed by atoms with Crippen LogP contribution in [0.3, 0.4) is 0 Å². The predicted octanol–water partition coefficient (Wildman–Crippen LogP) is 1.23. The lowest BCUT2D eigenvalue weighted by atomic mass is 10.2. The topological polar surface area (TPSA) is 90.7 Å². The molecule has 0 aliphatic heterocycles. The summed E-state index contributed by atoms with van der Waals surface area (Å²) in [5.41, 5.74) is 5.50. The number of para-hydroxylation sites is 1. The lowest BCUT2D eigenvalue weighted by molar-refractivity contribution is -0.123. The number of benzene rings is 1. The Kier molecular flexibility index (Phi) is 5.03. The van der Waals surface area contributed by atoms with Crippen LogP contribution < -0.4 is 20.5 Å². The van der Waals surface area contributed by atoms with E-state index >= 15 is 0 Å². The second-order valence-corrected chi connectivity index (χ2v) is 5.04. The van der Waals surface area contributed by atoms with Gasteiger partial charge in [0.2, 0.25) is 0 Å². The van der Waals surface area contributed by atoms with E-state index in [0.717, 1.165) is 25.7 Å². The van der Waals surface area contributed by atoms with Crippen molar-refractivity contribution in [3.63, 3.8) is 0 Å². The highest BCUT2D eigenvalue weighted by Crippen LogP contribution is 2.30. The van der Waals surface area contributed by atoms with Crippen LogP contribution in [0.2, 0.25) is 0 Å². The molecule has 114 valence electrons. The van der Waals surface area contributed by atoms with Crippen molar-refractivity contribution in [1.82, 2.24) is 5.32 Å². The number of ether oxygens (including phenoxy) is 2. The van der Waals surface area contributed by atoms with Crippen molar-refractivity contribution in [2.24, 2.45) is 5.73 Å². The van der Waals surface area contributed by atoms with Crippen molar-refractivity contribution in [1.29, 1.82) is 0 Å². The molecule has 3 N–H and O–H groups in total. The number of rotatable bonds is 6. The predicted molar refractivity (Wildman–Crippen MR) is 77.4 cm³/mol. The molecule has 21 heavy (non-hydrogen) atoms. The summed E-state index contributed by atoms with van der Waals surface area (Å²) < 4.78 is 10.6. The first-order valence-electron chi connectivity index (χ1n) is 7.00. The van der Waals surface area contributed by atoms with E-state index in [-0.39, 0.29) is 29.9 Å². The van der Waals surface area contributed by atoms with Gasteiger partial charge in [-0.3, -0.25) is 9.59 Å². The average Bonchev–Trinajstić information content (AvgIpc) is 2.97. The fourth-order valence-electron chi connectivity index (χ4n) is 2.50. The Morgan fingerprint density at radius 2 is 2.05 bits per heavy atom. The molecule has 0 aromatic heterocycles. The van der Waals surface area contributed by atoms with Crippen LogP contribution in [-0.4, -0.2) is 31.6 Å². The van der Waals surface area contributed by atoms with Crippen molar-refractivity contribution in [2.75, 3.05) is 13.7 Å². The molecule has 1 fully saturated rings. The van der Waals surface area contributed by atoms with Crippen molar-refractivity contribution in [2.45, 2.75) is 31.7 Å². The Morgan fingerprint density at radius 3 is 2.67 bits per heavy atom. The maximum Gasteiger partial charge on any atom is 0.258 e. The molecule has 2 amide bonds. The molecule has 0 spiro atoms. The number of hydrogen-bond donors (Lipinski definition) is 2. The second-order valence-electron chi connectivity index (χ2n) is 5.04. The van der Waals surface area contributed by atoms with Crippen LogP contribution >= 0.6 is 0 Å². The number of nitrogens with one attached hydrogen (secondary N) is 1. The summed E-state index contributed by atoms with van der Waals surface area (Å²) in [7, 11) is 1.46. The van der Waals surface area contributed by atoms with Crippen molar-refractivity contribution in [3.05, 3.63) is 23.8 Å². The summed E-state index contributed by atoms with van der Waals surface area (Å²) in [4.78, 5) is 23.3. The molecule has 1 aliphatic rings. The standard InChI is InChI=1S/C15H20N2O4/c1-20-12-8-4-7-11(15(16)19)14(12)21-9-13(18)17-10-5-2-3-6-10/h4,7-8,10H,2-3,5-6,9H2,1H3,(H2,16,19)(H,17,18). The number of primary amides is 1. The molecule has 6 nitrogen and oxygen atoms in total. The largest absolute Gasteiger partial charge is 0.493 e. The molecule has 6 heteroatoms. The molecule has 0 atom stereocenters. The van der Waals surface area contributed by atoms with Gasteiger partial charge in [-0.15, -0.1) is 0 Å². The maximum absolute atomic E-state index is 11.9. The molecule has 1 saturated carbocycles. The molecule has 0 heterocycles. The van der Waals surface area contributed by atoms with Crippen molar-refractivity contribution < 1.29 is 19.1 Å². The van der Waals surface area contributed by atoms with E-state index in [9.17, 15) is 9.59 Å². The van der Waals surface area contributed by atoms with Crippen LogP contribution in [0.15, 0.2) is 18.2 Å². The first kappa shape index (κ1) is 15.2. The number of carbonyl (C=O) groups is 2. The smallest absolute Gasteiger partial charge is 0.258 e.